The number of rotatable bonds is 8. The zero-order valence-corrected chi connectivity index (χ0v) is 21.9. The van der Waals surface area contributed by atoms with Crippen molar-refractivity contribution in [3.8, 4) is 28.9 Å². The van der Waals surface area contributed by atoms with E-state index in [4.69, 9.17) is 14.7 Å². The van der Waals surface area contributed by atoms with Gasteiger partial charge < -0.3 is 14.9 Å². The average Bonchev–Trinajstić information content (AvgIpc) is 2.96. The van der Waals surface area contributed by atoms with Gasteiger partial charge in [0.25, 0.3) is 0 Å². The first kappa shape index (κ1) is 24.9. The Morgan fingerprint density at radius 2 is 1.49 bits per heavy atom. The number of aromatic nitrogens is 3. The number of fused-ring (bicyclic) bond motifs is 5. The molecule has 0 radical (unpaired) electrons. The van der Waals surface area contributed by atoms with Gasteiger partial charge in [-0.05, 0) is 40.8 Å². The van der Waals surface area contributed by atoms with Crippen molar-refractivity contribution in [1.82, 2.24) is 15.0 Å². The van der Waals surface area contributed by atoms with E-state index in [1.54, 1.807) is 6.07 Å². The van der Waals surface area contributed by atoms with Crippen LogP contribution in [0.2, 0.25) is 0 Å². The van der Waals surface area contributed by atoms with E-state index in [2.05, 4.69) is 72.6 Å². The van der Waals surface area contributed by atoms with E-state index in [9.17, 15) is 10.2 Å². The van der Waals surface area contributed by atoms with Crippen molar-refractivity contribution >= 4 is 11.6 Å². The third-order valence-corrected chi connectivity index (χ3v) is 7.51. The van der Waals surface area contributed by atoms with Crippen LogP contribution < -0.4 is 4.74 Å². The fourth-order valence-corrected chi connectivity index (χ4v) is 5.58. The van der Waals surface area contributed by atoms with Crippen molar-refractivity contribution in [2.75, 3.05) is 6.61 Å². The minimum Gasteiger partial charge on any atom is -0.507 e. The molecular weight excluding hydrogens is 486 g/mol. The number of benzene rings is 3. The van der Waals surface area contributed by atoms with E-state index in [1.165, 1.54) is 28.8 Å². The Kier molecular flexibility index (Phi) is 6.84. The molecule has 0 fully saturated rings. The molecule has 1 heterocycles. The number of nitrogens with zero attached hydrogens (tertiary/aromatic N) is 3. The molecule has 6 nitrogen and oxygen atoms in total. The summed E-state index contributed by atoms with van der Waals surface area (Å²) in [6, 6.07) is 21.6. The van der Waals surface area contributed by atoms with Crippen molar-refractivity contribution in [3.63, 3.8) is 0 Å². The van der Waals surface area contributed by atoms with Crippen LogP contribution in [0.4, 0.5) is 0 Å². The molecule has 2 N–H and O–H groups in total. The number of hydrogen-bond acceptors (Lipinski definition) is 6. The van der Waals surface area contributed by atoms with E-state index >= 15 is 0 Å². The lowest BCUT2D eigenvalue weighted by atomic mass is 9.70. The molecule has 39 heavy (non-hydrogen) atoms. The third kappa shape index (κ3) is 4.78. The highest BCUT2D eigenvalue weighted by atomic mass is 16.5. The molecular formula is C33H31N3O3. The second kappa shape index (κ2) is 10.7. The highest BCUT2D eigenvalue weighted by molar-refractivity contribution is 5.84. The summed E-state index contributed by atoms with van der Waals surface area (Å²) in [6.45, 7) is 2.65. The lowest BCUT2D eigenvalue weighted by Gasteiger charge is -2.34. The summed E-state index contributed by atoms with van der Waals surface area (Å²) in [4.78, 5) is 14.1. The van der Waals surface area contributed by atoms with Gasteiger partial charge in [0.1, 0.15) is 17.1 Å². The largest absolute Gasteiger partial charge is 0.507 e. The van der Waals surface area contributed by atoms with Gasteiger partial charge in [0.2, 0.25) is 0 Å². The molecule has 6 rings (SSSR count). The molecule has 6 heteroatoms. The molecule has 0 aliphatic heterocycles. The van der Waals surface area contributed by atoms with Crippen molar-refractivity contribution in [1.29, 1.82) is 0 Å². The fraction of sp³-hybridized carbons (Fsp3) is 0.242. The topological polar surface area (TPSA) is 88.4 Å². The van der Waals surface area contributed by atoms with E-state index in [1.807, 2.05) is 6.07 Å². The molecule has 2 unspecified atom stereocenters. The first-order chi connectivity index (χ1) is 19.1. The van der Waals surface area contributed by atoms with Crippen LogP contribution in [0.3, 0.4) is 0 Å². The van der Waals surface area contributed by atoms with Gasteiger partial charge in [-0.2, -0.15) is 9.97 Å². The van der Waals surface area contributed by atoms with Gasteiger partial charge in [-0.15, -0.1) is 0 Å². The van der Waals surface area contributed by atoms with Crippen LogP contribution in [0.1, 0.15) is 72.5 Å². The quantitative estimate of drug-likeness (QED) is 0.239. The Morgan fingerprint density at radius 1 is 0.744 bits per heavy atom. The molecule has 0 saturated heterocycles. The summed E-state index contributed by atoms with van der Waals surface area (Å²) in [7, 11) is 0. The number of phenols is 2. The maximum absolute atomic E-state index is 10.6. The molecule has 2 atom stereocenters. The normalized spacial score (nSPS) is 17.1. The van der Waals surface area contributed by atoms with E-state index in [0.29, 0.717) is 12.4 Å². The number of allylic oxidation sites excluding steroid dienone is 2. The van der Waals surface area contributed by atoms with Crippen LogP contribution in [0.25, 0.3) is 23.0 Å². The number of hydrogen-bond donors (Lipinski definition) is 2. The van der Waals surface area contributed by atoms with Crippen molar-refractivity contribution in [2.45, 2.75) is 44.4 Å². The number of ether oxygens (including phenoxy) is 1. The first-order valence-electron chi connectivity index (χ1n) is 13.6. The molecule has 2 aliphatic carbocycles. The molecule has 196 valence electrons. The van der Waals surface area contributed by atoms with Gasteiger partial charge in [-0.3, -0.25) is 0 Å². The summed E-state index contributed by atoms with van der Waals surface area (Å²) < 4.78 is 6.01. The van der Waals surface area contributed by atoms with Gasteiger partial charge in [0.05, 0.1) is 6.61 Å². The smallest absolute Gasteiger partial charge is 0.320 e. The van der Waals surface area contributed by atoms with Gasteiger partial charge in [-0.1, -0.05) is 99.0 Å². The van der Waals surface area contributed by atoms with Crippen LogP contribution in [0.15, 0.2) is 78.9 Å². The van der Waals surface area contributed by atoms with Crippen molar-refractivity contribution in [3.05, 3.63) is 107 Å². The lowest BCUT2D eigenvalue weighted by molar-refractivity contribution is 0.281. The lowest BCUT2D eigenvalue weighted by Crippen LogP contribution is -2.19. The zero-order chi connectivity index (χ0) is 26.8. The van der Waals surface area contributed by atoms with Crippen LogP contribution in [0, 0.1) is 0 Å². The van der Waals surface area contributed by atoms with E-state index < -0.39 is 0 Å². The molecule has 0 bridgehead atoms. The van der Waals surface area contributed by atoms with Crippen LogP contribution in [-0.4, -0.2) is 31.8 Å². The maximum atomic E-state index is 10.6. The summed E-state index contributed by atoms with van der Waals surface area (Å²) in [6.07, 6.45) is 11.0. The molecule has 1 aromatic heterocycles. The summed E-state index contributed by atoms with van der Waals surface area (Å²) >= 11 is 0. The Hall–Kier alpha value is -4.45. The monoisotopic (exact) mass is 517 g/mol. The molecule has 2 aliphatic rings. The summed E-state index contributed by atoms with van der Waals surface area (Å²) in [5.41, 5.74) is 5.77. The Labute approximate surface area is 228 Å². The Morgan fingerprint density at radius 3 is 2.31 bits per heavy atom. The van der Waals surface area contributed by atoms with Crippen molar-refractivity contribution < 1.29 is 14.9 Å². The van der Waals surface area contributed by atoms with Gasteiger partial charge in [0.15, 0.2) is 11.6 Å². The van der Waals surface area contributed by atoms with Gasteiger partial charge >= 0.3 is 6.01 Å². The van der Waals surface area contributed by atoms with Crippen LogP contribution in [0.5, 0.6) is 17.5 Å². The predicted octanol–water partition coefficient (Wildman–Crippen LogP) is 7.25. The molecule has 0 saturated carbocycles. The average molecular weight is 518 g/mol. The highest BCUT2D eigenvalue weighted by Gasteiger charge is 2.33. The minimum absolute atomic E-state index is 0.106. The molecule has 3 aromatic carbocycles. The zero-order valence-electron chi connectivity index (χ0n) is 21.9. The summed E-state index contributed by atoms with van der Waals surface area (Å²) in [5, 5.41) is 21.2. The van der Waals surface area contributed by atoms with Gasteiger partial charge in [0, 0.05) is 17.4 Å². The second-order valence-electron chi connectivity index (χ2n) is 10.1. The SMILES string of the molecule is CCCCCCOc1nc(C2=CC3c4ccccc4C=CC3c3ccccc32)nc(-c2c(O)cccc2O)n1. The Balaban J connectivity index is 1.49. The number of phenolic OH excluding ortho intramolecular Hbond substituents is 2. The molecule has 0 spiro atoms. The predicted molar refractivity (Wildman–Crippen MR) is 153 cm³/mol. The van der Waals surface area contributed by atoms with Gasteiger partial charge in [-0.25, -0.2) is 4.98 Å². The molecule has 4 aromatic rings. The minimum atomic E-state index is -0.106. The molecule has 0 amide bonds. The third-order valence-electron chi connectivity index (χ3n) is 7.51. The Bertz CT molecular complexity index is 1560. The standard InChI is InChI=1S/C33H31N3O3/c1-2-3-4-9-19-39-33-35-31(34-32(36-33)30-28(37)15-10-16-29(30)38)27-20-26-22-12-6-5-11-21(22)17-18-25(26)23-13-7-8-14-24(23)27/h5-8,10-18,20,25-26,37-38H,2-4,9,19H2,1H3. The number of aromatic hydroxyl groups is 2. The second-order valence-corrected chi connectivity index (χ2v) is 10.1. The summed E-state index contributed by atoms with van der Waals surface area (Å²) in [5.74, 6) is 0.731. The fourth-order valence-electron chi connectivity index (χ4n) is 5.58. The van der Waals surface area contributed by atoms with Crippen molar-refractivity contribution in [2.24, 2.45) is 0 Å². The first-order valence-corrected chi connectivity index (χ1v) is 13.6. The maximum Gasteiger partial charge on any atom is 0.320 e. The van der Waals surface area contributed by atoms with E-state index in [-0.39, 0.29) is 40.7 Å². The van der Waals surface area contributed by atoms with Crippen LogP contribution in [-0.2, 0) is 0 Å². The highest BCUT2D eigenvalue weighted by Crippen LogP contribution is 2.49. The number of unbranched alkanes of at least 4 members (excludes halogenated alkanes) is 3. The van der Waals surface area contributed by atoms with E-state index in [0.717, 1.165) is 36.8 Å². The van der Waals surface area contributed by atoms with Crippen LogP contribution >= 0.6 is 0 Å².